The molecule has 0 bridgehead atoms. The summed E-state index contributed by atoms with van der Waals surface area (Å²) in [7, 11) is 4.05. The van der Waals surface area contributed by atoms with Gasteiger partial charge >= 0.3 is 0 Å². The van der Waals surface area contributed by atoms with Gasteiger partial charge < -0.3 is 15.5 Å². The van der Waals surface area contributed by atoms with Crippen LogP contribution in [0.2, 0.25) is 0 Å². The molecule has 0 aliphatic heterocycles. The van der Waals surface area contributed by atoms with Gasteiger partial charge in [-0.2, -0.15) is 0 Å². The van der Waals surface area contributed by atoms with E-state index in [1.807, 2.05) is 39.2 Å². The van der Waals surface area contributed by atoms with Crippen molar-refractivity contribution in [1.29, 1.82) is 0 Å². The number of amides is 1. The molecule has 4 heteroatoms. The molecule has 4 nitrogen and oxygen atoms in total. The second-order valence-electron chi connectivity index (χ2n) is 5.86. The maximum Gasteiger partial charge on any atom is 0.241 e. The Hall–Kier alpha value is -1.39. The maximum atomic E-state index is 12.3. The van der Waals surface area contributed by atoms with Gasteiger partial charge in [-0.1, -0.05) is 32.0 Å². The summed E-state index contributed by atoms with van der Waals surface area (Å²) in [6.45, 7) is 7.96. The summed E-state index contributed by atoms with van der Waals surface area (Å²) < 4.78 is 0. The Morgan fingerprint density at radius 2 is 1.90 bits per heavy atom. The SMILES string of the molecule is CC[C@@H](C)c1ccccc1NC(=O)[C@@H](C)NCCN(C)C. The smallest absolute Gasteiger partial charge is 0.241 e. The molecule has 1 aromatic rings. The Balaban J connectivity index is 2.62. The zero-order valence-electron chi connectivity index (χ0n) is 13.9. The van der Waals surface area contributed by atoms with Gasteiger partial charge in [0.1, 0.15) is 0 Å². The van der Waals surface area contributed by atoms with Crippen LogP contribution in [-0.2, 0) is 4.79 Å². The Morgan fingerprint density at radius 1 is 1.24 bits per heavy atom. The zero-order valence-corrected chi connectivity index (χ0v) is 13.9. The first-order valence-electron chi connectivity index (χ1n) is 7.73. The summed E-state index contributed by atoms with van der Waals surface area (Å²) in [4.78, 5) is 14.4. The van der Waals surface area contributed by atoms with Crippen LogP contribution in [0.5, 0.6) is 0 Å². The normalized spacial score (nSPS) is 14.0. The van der Waals surface area contributed by atoms with Crippen LogP contribution in [0.25, 0.3) is 0 Å². The van der Waals surface area contributed by atoms with Crippen molar-refractivity contribution in [3.63, 3.8) is 0 Å². The van der Waals surface area contributed by atoms with Crippen molar-refractivity contribution >= 4 is 11.6 Å². The highest BCUT2D eigenvalue weighted by Gasteiger charge is 2.15. The molecule has 1 amide bonds. The number of likely N-dealkylation sites (N-methyl/N-ethyl adjacent to an activating group) is 1. The minimum Gasteiger partial charge on any atom is -0.324 e. The van der Waals surface area contributed by atoms with Gasteiger partial charge in [0.25, 0.3) is 0 Å². The van der Waals surface area contributed by atoms with Crippen molar-refractivity contribution in [2.45, 2.75) is 39.2 Å². The van der Waals surface area contributed by atoms with E-state index >= 15 is 0 Å². The van der Waals surface area contributed by atoms with Crippen LogP contribution in [0.4, 0.5) is 5.69 Å². The third kappa shape index (κ3) is 5.86. The highest BCUT2D eigenvalue weighted by molar-refractivity contribution is 5.95. The lowest BCUT2D eigenvalue weighted by atomic mass is 9.97. The van der Waals surface area contributed by atoms with Crippen LogP contribution in [-0.4, -0.2) is 44.0 Å². The Morgan fingerprint density at radius 3 is 2.52 bits per heavy atom. The molecule has 0 heterocycles. The third-order valence-electron chi connectivity index (χ3n) is 3.76. The largest absolute Gasteiger partial charge is 0.324 e. The molecule has 21 heavy (non-hydrogen) atoms. The molecular formula is C17H29N3O. The summed E-state index contributed by atoms with van der Waals surface area (Å²) in [6, 6.07) is 7.86. The van der Waals surface area contributed by atoms with Gasteiger partial charge in [-0.25, -0.2) is 0 Å². The van der Waals surface area contributed by atoms with E-state index in [1.165, 1.54) is 5.56 Å². The zero-order chi connectivity index (χ0) is 15.8. The fourth-order valence-corrected chi connectivity index (χ4v) is 2.10. The topological polar surface area (TPSA) is 44.4 Å². The van der Waals surface area contributed by atoms with Crippen LogP contribution in [0.1, 0.15) is 38.7 Å². The first-order valence-corrected chi connectivity index (χ1v) is 7.73. The van der Waals surface area contributed by atoms with Gasteiger partial charge in [-0.15, -0.1) is 0 Å². The van der Waals surface area contributed by atoms with Gasteiger partial charge in [-0.05, 0) is 45.0 Å². The number of para-hydroxylation sites is 1. The molecule has 0 aromatic heterocycles. The maximum absolute atomic E-state index is 12.3. The molecule has 0 saturated heterocycles. The van der Waals surface area contributed by atoms with E-state index in [0.29, 0.717) is 5.92 Å². The second kappa shape index (κ2) is 8.80. The number of hydrogen-bond donors (Lipinski definition) is 2. The quantitative estimate of drug-likeness (QED) is 0.774. The van der Waals surface area contributed by atoms with Crippen molar-refractivity contribution < 1.29 is 4.79 Å². The fourth-order valence-electron chi connectivity index (χ4n) is 2.10. The highest BCUT2D eigenvalue weighted by Crippen LogP contribution is 2.26. The van der Waals surface area contributed by atoms with E-state index in [9.17, 15) is 4.79 Å². The lowest BCUT2D eigenvalue weighted by molar-refractivity contribution is -0.117. The van der Waals surface area contributed by atoms with Gasteiger partial charge in [0.2, 0.25) is 5.91 Å². The van der Waals surface area contributed by atoms with Crippen LogP contribution in [0, 0.1) is 0 Å². The molecule has 1 aromatic carbocycles. The number of nitrogens with one attached hydrogen (secondary N) is 2. The Labute approximate surface area is 128 Å². The average molecular weight is 291 g/mol. The van der Waals surface area contributed by atoms with Gasteiger partial charge in [0, 0.05) is 18.8 Å². The molecule has 0 radical (unpaired) electrons. The Bertz CT molecular complexity index is 445. The van der Waals surface area contributed by atoms with Crippen molar-refractivity contribution in [2.75, 3.05) is 32.5 Å². The monoisotopic (exact) mass is 291 g/mol. The molecule has 0 saturated carbocycles. The van der Waals surface area contributed by atoms with Crippen LogP contribution in [0.15, 0.2) is 24.3 Å². The van der Waals surface area contributed by atoms with Crippen molar-refractivity contribution in [3.8, 4) is 0 Å². The van der Waals surface area contributed by atoms with Crippen LogP contribution >= 0.6 is 0 Å². The van der Waals surface area contributed by atoms with Gasteiger partial charge in [0.15, 0.2) is 0 Å². The molecule has 0 spiro atoms. The summed E-state index contributed by atoms with van der Waals surface area (Å²) in [5, 5.41) is 6.29. The van der Waals surface area contributed by atoms with Gasteiger partial charge in [0.05, 0.1) is 6.04 Å². The van der Waals surface area contributed by atoms with E-state index in [4.69, 9.17) is 0 Å². The summed E-state index contributed by atoms with van der Waals surface area (Å²) in [5.74, 6) is 0.461. The molecular weight excluding hydrogens is 262 g/mol. The molecule has 1 rings (SSSR count). The van der Waals surface area contributed by atoms with Crippen LogP contribution < -0.4 is 10.6 Å². The average Bonchev–Trinajstić information content (AvgIpc) is 2.46. The summed E-state index contributed by atoms with van der Waals surface area (Å²) >= 11 is 0. The molecule has 0 unspecified atom stereocenters. The molecule has 0 aliphatic carbocycles. The number of benzene rings is 1. The number of carbonyl (C=O) groups excluding carboxylic acids is 1. The fraction of sp³-hybridized carbons (Fsp3) is 0.588. The van der Waals surface area contributed by atoms with Gasteiger partial charge in [-0.3, -0.25) is 4.79 Å². The summed E-state index contributed by atoms with van der Waals surface area (Å²) in [6.07, 6.45) is 1.06. The van der Waals surface area contributed by atoms with Crippen LogP contribution in [0.3, 0.4) is 0 Å². The number of hydrogen-bond acceptors (Lipinski definition) is 3. The molecule has 118 valence electrons. The number of anilines is 1. The standard InChI is InChI=1S/C17H29N3O/c1-6-13(2)15-9-7-8-10-16(15)19-17(21)14(3)18-11-12-20(4)5/h7-10,13-14,18H,6,11-12H2,1-5H3,(H,19,21)/t13-,14-/m1/s1. The van der Waals surface area contributed by atoms with Crippen molar-refractivity contribution in [1.82, 2.24) is 10.2 Å². The first-order chi connectivity index (χ1) is 9.95. The van der Waals surface area contributed by atoms with E-state index in [0.717, 1.165) is 25.2 Å². The predicted molar refractivity (Wildman–Crippen MR) is 89.8 cm³/mol. The van der Waals surface area contributed by atoms with E-state index in [-0.39, 0.29) is 11.9 Å². The number of nitrogens with zero attached hydrogens (tertiary/aromatic N) is 1. The number of carbonyl (C=O) groups is 1. The molecule has 0 aliphatic rings. The predicted octanol–water partition coefficient (Wildman–Crippen LogP) is 2.68. The third-order valence-corrected chi connectivity index (χ3v) is 3.76. The molecule has 2 atom stereocenters. The van der Waals surface area contributed by atoms with E-state index < -0.39 is 0 Å². The first kappa shape index (κ1) is 17.7. The minimum atomic E-state index is -0.199. The molecule has 2 N–H and O–H groups in total. The van der Waals surface area contributed by atoms with Crippen molar-refractivity contribution in [2.24, 2.45) is 0 Å². The Kier molecular flexibility index (Phi) is 7.40. The van der Waals surface area contributed by atoms with E-state index in [2.05, 4.69) is 35.4 Å². The minimum absolute atomic E-state index is 0.0181. The van der Waals surface area contributed by atoms with Crippen molar-refractivity contribution in [3.05, 3.63) is 29.8 Å². The highest BCUT2D eigenvalue weighted by atomic mass is 16.2. The second-order valence-corrected chi connectivity index (χ2v) is 5.86. The number of rotatable bonds is 8. The lowest BCUT2D eigenvalue weighted by Gasteiger charge is -2.19. The summed E-state index contributed by atoms with van der Waals surface area (Å²) in [5.41, 5.74) is 2.13. The molecule has 0 fully saturated rings. The lowest BCUT2D eigenvalue weighted by Crippen LogP contribution is -2.41. The van der Waals surface area contributed by atoms with E-state index in [1.54, 1.807) is 0 Å².